The van der Waals surface area contributed by atoms with Crippen molar-refractivity contribution >= 4 is 11.9 Å². The van der Waals surface area contributed by atoms with E-state index in [1.165, 1.54) is 12.5 Å². The minimum atomic E-state index is -0.963. The Labute approximate surface area is 112 Å². The van der Waals surface area contributed by atoms with Gasteiger partial charge in [0.25, 0.3) is 0 Å². The predicted molar refractivity (Wildman–Crippen MR) is 70.9 cm³/mol. The van der Waals surface area contributed by atoms with Gasteiger partial charge in [0.05, 0.1) is 12.5 Å². The van der Waals surface area contributed by atoms with Crippen molar-refractivity contribution in [2.75, 3.05) is 0 Å². The topological polar surface area (TPSA) is 94.8 Å². The molecule has 5 nitrogen and oxygen atoms in total. The number of hydrogen-bond donors (Lipinski definition) is 3. The lowest BCUT2D eigenvalue weighted by molar-refractivity contribution is -0.139. The Bertz CT molecular complexity index is 373. The number of hydrogen-bond acceptors (Lipinski definition) is 3. The molecule has 3 N–H and O–H groups in total. The Balaban J connectivity index is 0.000000399. The highest BCUT2D eigenvalue weighted by molar-refractivity contribution is 5.67. The highest BCUT2D eigenvalue weighted by Crippen LogP contribution is 2.03. The first-order valence-corrected chi connectivity index (χ1v) is 6.07. The molecule has 106 valence electrons. The maximum absolute atomic E-state index is 10.2. The van der Waals surface area contributed by atoms with Crippen LogP contribution in [-0.2, 0) is 16.0 Å². The fourth-order valence-corrected chi connectivity index (χ4v) is 1.34. The van der Waals surface area contributed by atoms with Crippen LogP contribution in [0.5, 0.6) is 0 Å². The van der Waals surface area contributed by atoms with E-state index < -0.39 is 18.0 Å². The monoisotopic (exact) mass is 268 g/mol. The number of carbonyl (C=O) groups is 2. The van der Waals surface area contributed by atoms with Crippen molar-refractivity contribution in [3.63, 3.8) is 0 Å². The number of aryl methyl sites for hydroxylation is 1. The molecule has 1 atom stereocenters. The third-order valence-corrected chi connectivity index (χ3v) is 2.17. The van der Waals surface area contributed by atoms with Gasteiger partial charge in [-0.05, 0) is 25.3 Å². The summed E-state index contributed by atoms with van der Waals surface area (Å²) in [6.07, 6.45) is 0.943. The summed E-state index contributed by atoms with van der Waals surface area (Å²) in [5.74, 6) is -1.68. The molecule has 0 amide bonds. The molecular weight excluding hydrogens is 248 g/mol. The normalized spacial score (nSPS) is 11.1. The predicted octanol–water partition coefficient (Wildman–Crippen LogP) is 1.94. The first kappa shape index (κ1) is 17.1. The number of aliphatic carboxylic acids is 2. The zero-order valence-corrected chi connectivity index (χ0v) is 11.0. The van der Waals surface area contributed by atoms with E-state index in [0.29, 0.717) is 0 Å². The van der Waals surface area contributed by atoms with Crippen LogP contribution < -0.4 is 0 Å². The quantitative estimate of drug-likeness (QED) is 0.732. The molecule has 0 aromatic heterocycles. The summed E-state index contributed by atoms with van der Waals surface area (Å²) in [5, 5.41) is 24.7. The van der Waals surface area contributed by atoms with Gasteiger partial charge in [0.1, 0.15) is 0 Å². The second-order valence-electron chi connectivity index (χ2n) is 4.18. The van der Waals surface area contributed by atoms with Gasteiger partial charge in [-0.2, -0.15) is 0 Å². The molecule has 19 heavy (non-hydrogen) atoms. The Kier molecular flexibility index (Phi) is 9.08. The van der Waals surface area contributed by atoms with Gasteiger partial charge < -0.3 is 15.3 Å². The Morgan fingerprint density at radius 1 is 1.11 bits per heavy atom. The van der Waals surface area contributed by atoms with E-state index in [2.05, 4.69) is 0 Å². The molecule has 0 fully saturated rings. The summed E-state index contributed by atoms with van der Waals surface area (Å²) in [6, 6.07) is 9.93. The average molecular weight is 268 g/mol. The highest BCUT2D eigenvalue weighted by Gasteiger charge is 2.00. The van der Waals surface area contributed by atoms with E-state index in [0.717, 1.165) is 12.8 Å². The van der Waals surface area contributed by atoms with Crippen molar-refractivity contribution in [1.82, 2.24) is 0 Å². The highest BCUT2D eigenvalue weighted by atomic mass is 16.4. The maximum Gasteiger partial charge on any atom is 0.305 e. The van der Waals surface area contributed by atoms with Gasteiger partial charge in [-0.25, -0.2) is 0 Å². The van der Waals surface area contributed by atoms with Crippen molar-refractivity contribution in [3.8, 4) is 0 Å². The van der Waals surface area contributed by atoms with Gasteiger partial charge in [0.15, 0.2) is 0 Å². The van der Waals surface area contributed by atoms with Crippen molar-refractivity contribution in [2.24, 2.45) is 0 Å². The van der Waals surface area contributed by atoms with Crippen LogP contribution in [0.3, 0.4) is 0 Å². The number of rotatable bonds is 6. The average Bonchev–Trinajstić information content (AvgIpc) is 2.28. The molecule has 1 rings (SSSR count). The van der Waals surface area contributed by atoms with E-state index in [1.54, 1.807) is 0 Å². The van der Waals surface area contributed by atoms with Crippen LogP contribution in [0.15, 0.2) is 30.3 Å². The van der Waals surface area contributed by atoms with Crippen LogP contribution in [0.1, 0.15) is 31.7 Å². The zero-order valence-electron chi connectivity index (χ0n) is 11.0. The van der Waals surface area contributed by atoms with Crippen LogP contribution in [0.4, 0.5) is 0 Å². The smallest absolute Gasteiger partial charge is 0.305 e. The van der Waals surface area contributed by atoms with Crippen molar-refractivity contribution in [3.05, 3.63) is 35.9 Å². The molecule has 0 saturated heterocycles. The molecule has 0 aliphatic rings. The minimum absolute atomic E-state index is 0.167. The van der Waals surface area contributed by atoms with Crippen LogP contribution in [0.2, 0.25) is 0 Å². The molecule has 1 aromatic carbocycles. The number of benzene rings is 1. The first-order chi connectivity index (χ1) is 8.91. The molecule has 0 spiro atoms. The number of aliphatic hydroxyl groups excluding tert-OH is 1. The third kappa shape index (κ3) is 12.4. The van der Waals surface area contributed by atoms with Crippen LogP contribution in [0.25, 0.3) is 0 Å². The SMILES string of the molecule is CC(O)CC(=O)O.O=C(O)CCCc1ccccc1. The lowest BCUT2D eigenvalue weighted by Gasteiger charge is -1.97. The molecule has 0 aliphatic heterocycles. The molecule has 0 saturated carbocycles. The molecule has 1 aromatic rings. The number of carboxylic acids is 2. The minimum Gasteiger partial charge on any atom is -0.481 e. The van der Waals surface area contributed by atoms with Gasteiger partial charge in [-0.3, -0.25) is 9.59 Å². The first-order valence-electron chi connectivity index (χ1n) is 6.07. The van der Waals surface area contributed by atoms with Crippen molar-refractivity contribution < 1.29 is 24.9 Å². The Morgan fingerprint density at radius 3 is 2.05 bits per heavy atom. The maximum atomic E-state index is 10.2. The van der Waals surface area contributed by atoms with Gasteiger partial charge in [-0.1, -0.05) is 30.3 Å². The van der Waals surface area contributed by atoms with E-state index in [1.807, 2.05) is 30.3 Å². The molecule has 0 radical (unpaired) electrons. The summed E-state index contributed by atoms with van der Waals surface area (Å²) in [7, 11) is 0. The lowest BCUT2D eigenvalue weighted by Crippen LogP contribution is -2.07. The summed E-state index contributed by atoms with van der Waals surface area (Å²) < 4.78 is 0. The fourth-order valence-electron chi connectivity index (χ4n) is 1.34. The number of aliphatic hydroxyl groups is 1. The fraction of sp³-hybridized carbons (Fsp3) is 0.429. The van der Waals surface area contributed by atoms with Gasteiger partial charge in [0, 0.05) is 6.42 Å². The second kappa shape index (κ2) is 10.1. The molecule has 0 heterocycles. The van der Waals surface area contributed by atoms with Crippen molar-refractivity contribution in [1.29, 1.82) is 0 Å². The molecular formula is C14H20O5. The summed E-state index contributed by atoms with van der Waals surface area (Å²) in [4.78, 5) is 19.8. The third-order valence-electron chi connectivity index (χ3n) is 2.17. The Hall–Kier alpha value is -1.88. The second-order valence-corrected chi connectivity index (χ2v) is 4.18. The summed E-state index contributed by atoms with van der Waals surface area (Å²) >= 11 is 0. The van der Waals surface area contributed by atoms with Crippen LogP contribution >= 0.6 is 0 Å². The number of carboxylic acid groups (broad SMARTS) is 2. The van der Waals surface area contributed by atoms with Crippen LogP contribution in [-0.4, -0.2) is 33.4 Å². The molecule has 1 unspecified atom stereocenters. The van der Waals surface area contributed by atoms with E-state index >= 15 is 0 Å². The molecule has 0 bridgehead atoms. The van der Waals surface area contributed by atoms with Crippen molar-refractivity contribution in [2.45, 2.75) is 38.7 Å². The van der Waals surface area contributed by atoms with Gasteiger partial charge in [-0.15, -0.1) is 0 Å². The van der Waals surface area contributed by atoms with Crippen LogP contribution in [0, 0.1) is 0 Å². The van der Waals surface area contributed by atoms with E-state index in [9.17, 15) is 9.59 Å². The standard InChI is InChI=1S/C10H12O2.C4H8O3/c11-10(12)8-4-7-9-5-2-1-3-6-9;1-3(5)2-4(6)7/h1-3,5-6H,4,7-8H2,(H,11,12);3,5H,2H2,1H3,(H,6,7). The van der Waals surface area contributed by atoms with E-state index in [-0.39, 0.29) is 12.8 Å². The summed E-state index contributed by atoms with van der Waals surface area (Å²) in [6.45, 7) is 1.44. The van der Waals surface area contributed by atoms with Gasteiger partial charge in [0.2, 0.25) is 0 Å². The lowest BCUT2D eigenvalue weighted by atomic mass is 10.1. The summed E-state index contributed by atoms with van der Waals surface area (Å²) in [5.41, 5.74) is 1.21. The zero-order chi connectivity index (χ0) is 14.7. The molecule has 5 heteroatoms. The van der Waals surface area contributed by atoms with E-state index in [4.69, 9.17) is 15.3 Å². The largest absolute Gasteiger partial charge is 0.481 e. The molecule has 0 aliphatic carbocycles. The Morgan fingerprint density at radius 2 is 1.68 bits per heavy atom. The van der Waals surface area contributed by atoms with Gasteiger partial charge >= 0.3 is 11.9 Å².